The summed E-state index contributed by atoms with van der Waals surface area (Å²) < 4.78 is 5.00. The predicted molar refractivity (Wildman–Crippen MR) is 51.5 cm³/mol. The van der Waals surface area contributed by atoms with Gasteiger partial charge in [0.1, 0.15) is 0 Å². The van der Waals surface area contributed by atoms with Crippen LogP contribution in [-0.4, -0.2) is 18.7 Å². The second kappa shape index (κ2) is 4.49. The van der Waals surface area contributed by atoms with Crippen molar-refractivity contribution < 1.29 is 9.53 Å². The van der Waals surface area contributed by atoms with Crippen molar-refractivity contribution in [2.24, 2.45) is 11.8 Å². The van der Waals surface area contributed by atoms with E-state index >= 15 is 0 Å². The Hall–Kier alpha value is -0.730. The Kier molecular flexibility index (Phi) is 3.58. The third-order valence-corrected chi connectivity index (χ3v) is 2.24. The quantitative estimate of drug-likeness (QED) is 0.731. The van der Waals surface area contributed by atoms with Gasteiger partial charge in [0.15, 0.2) is 0 Å². The van der Waals surface area contributed by atoms with E-state index in [0.717, 1.165) is 18.8 Å². The minimum atomic E-state index is -0.259. The van der Waals surface area contributed by atoms with Gasteiger partial charge in [0.05, 0.1) is 6.61 Å². The van der Waals surface area contributed by atoms with Gasteiger partial charge in [0.25, 0.3) is 0 Å². The van der Waals surface area contributed by atoms with Gasteiger partial charge < -0.3 is 10.1 Å². The molecule has 0 aromatic carbocycles. The highest BCUT2D eigenvalue weighted by Crippen LogP contribution is 2.26. The predicted octanol–water partition coefficient (Wildman–Crippen LogP) is 2.17. The number of hydrogen-bond acceptors (Lipinski definition) is 2. The summed E-state index contributed by atoms with van der Waals surface area (Å²) in [5, 5.41) is 2.84. The summed E-state index contributed by atoms with van der Waals surface area (Å²) in [6.45, 7) is 6.75. The van der Waals surface area contributed by atoms with E-state index in [-0.39, 0.29) is 6.09 Å². The number of hydrogen-bond donors (Lipinski definition) is 1. The van der Waals surface area contributed by atoms with E-state index in [2.05, 4.69) is 12.2 Å². The molecule has 76 valence electrons. The van der Waals surface area contributed by atoms with Crippen molar-refractivity contribution in [2.45, 2.75) is 39.7 Å². The summed E-state index contributed by atoms with van der Waals surface area (Å²) in [6, 6.07) is 0.356. The molecule has 0 radical (unpaired) electrons. The van der Waals surface area contributed by atoms with Gasteiger partial charge in [-0.05, 0) is 24.7 Å². The van der Waals surface area contributed by atoms with E-state index in [4.69, 9.17) is 4.74 Å². The van der Waals surface area contributed by atoms with E-state index in [1.807, 2.05) is 13.8 Å². The average Bonchev–Trinajstić information content (AvgIpc) is 1.98. The van der Waals surface area contributed by atoms with Crippen molar-refractivity contribution in [3.8, 4) is 0 Å². The van der Waals surface area contributed by atoms with E-state index in [1.54, 1.807) is 0 Å². The highest BCUT2D eigenvalue weighted by Gasteiger charge is 2.26. The van der Waals surface area contributed by atoms with Gasteiger partial charge >= 0.3 is 6.09 Å². The molecule has 0 saturated heterocycles. The molecule has 1 fully saturated rings. The molecule has 0 bridgehead atoms. The first-order valence-electron chi connectivity index (χ1n) is 5.01. The fraction of sp³-hybridized carbons (Fsp3) is 0.900. The summed E-state index contributed by atoms with van der Waals surface area (Å²) in [7, 11) is 0. The number of rotatable bonds is 3. The van der Waals surface area contributed by atoms with Crippen LogP contribution >= 0.6 is 0 Å². The topological polar surface area (TPSA) is 38.3 Å². The molecule has 0 unspecified atom stereocenters. The van der Waals surface area contributed by atoms with Crippen LogP contribution in [0.3, 0.4) is 0 Å². The van der Waals surface area contributed by atoms with Crippen molar-refractivity contribution >= 4 is 6.09 Å². The lowest BCUT2D eigenvalue weighted by Gasteiger charge is -2.32. The van der Waals surface area contributed by atoms with Gasteiger partial charge in [0.2, 0.25) is 0 Å². The molecular formula is C10H19NO2. The zero-order chi connectivity index (χ0) is 9.84. The van der Waals surface area contributed by atoms with E-state index in [1.165, 1.54) is 0 Å². The largest absolute Gasteiger partial charge is 0.449 e. The number of carbonyl (C=O) groups excluding carboxylic acids is 1. The first-order valence-corrected chi connectivity index (χ1v) is 5.01. The Morgan fingerprint density at radius 1 is 1.54 bits per heavy atom. The highest BCUT2D eigenvalue weighted by molar-refractivity contribution is 5.67. The van der Waals surface area contributed by atoms with Gasteiger partial charge in [-0.3, -0.25) is 0 Å². The zero-order valence-electron chi connectivity index (χ0n) is 8.67. The average molecular weight is 185 g/mol. The second-order valence-electron chi connectivity index (χ2n) is 4.41. The molecule has 1 aliphatic rings. The summed E-state index contributed by atoms with van der Waals surface area (Å²) in [6.07, 6.45) is 1.93. The van der Waals surface area contributed by atoms with Gasteiger partial charge in [-0.1, -0.05) is 20.8 Å². The summed E-state index contributed by atoms with van der Waals surface area (Å²) >= 11 is 0. The lowest BCUT2D eigenvalue weighted by Crippen LogP contribution is -2.43. The minimum Gasteiger partial charge on any atom is -0.449 e. The van der Waals surface area contributed by atoms with E-state index < -0.39 is 0 Å². The third kappa shape index (κ3) is 3.66. The molecule has 1 saturated carbocycles. The lowest BCUT2D eigenvalue weighted by molar-refractivity contribution is 0.118. The van der Waals surface area contributed by atoms with Crippen LogP contribution in [0.2, 0.25) is 0 Å². The van der Waals surface area contributed by atoms with Crippen molar-refractivity contribution in [2.75, 3.05) is 6.61 Å². The Morgan fingerprint density at radius 3 is 2.62 bits per heavy atom. The van der Waals surface area contributed by atoms with Gasteiger partial charge in [-0.25, -0.2) is 4.79 Å². The maximum absolute atomic E-state index is 11.1. The molecule has 1 aliphatic carbocycles. The highest BCUT2D eigenvalue weighted by atomic mass is 16.5. The van der Waals surface area contributed by atoms with Crippen molar-refractivity contribution in [3.63, 3.8) is 0 Å². The number of nitrogens with one attached hydrogen (secondary N) is 1. The molecule has 1 amide bonds. The molecule has 1 N–H and O–H groups in total. The van der Waals surface area contributed by atoms with E-state index in [9.17, 15) is 4.79 Å². The van der Waals surface area contributed by atoms with Gasteiger partial charge in [0, 0.05) is 6.04 Å². The van der Waals surface area contributed by atoms with Crippen LogP contribution in [0.15, 0.2) is 0 Å². The summed E-state index contributed by atoms with van der Waals surface area (Å²) in [5.41, 5.74) is 0. The molecule has 3 nitrogen and oxygen atoms in total. The second-order valence-corrected chi connectivity index (χ2v) is 4.41. The molecule has 0 spiro atoms. The zero-order valence-corrected chi connectivity index (χ0v) is 8.67. The molecular weight excluding hydrogens is 166 g/mol. The van der Waals surface area contributed by atoms with Crippen LogP contribution in [0, 0.1) is 11.8 Å². The molecule has 3 heteroatoms. The lowest BCUT2D eigenvalue weighted by atomic mass is 9.82. The number of alkyl carbamates (subject to hydrolysis) is 1. The maximum atomic E-state index is 11.1. The van der Waals surface area contributed by atoms with Crippen LogP contribution in [0.25, 0.3) is 0 Å². The maximum Gasteiger partial charge on any atom is 0.407 e. The summed E-state index contributed by atoms with van der Waals surface area (Å²) in [5.74, 6) is 1.17. The fourth-order valence-corrected chi connectivity index (χ4v) is 1.47. The molecule has 13 heavy (non-hydrogen) atoms. The third-order valence-electron chi connectivity index (χ3n) is 2.24. The van der Waals surface area contributed by atoms with E-state index in [0.29, 0.717) is 18.6 Å². The van der Waals surface area contributed by atoms with Crippen LogP contribution in [0.4, 0.5) is 4.79 Å². The Balaban J connectivity index is 2.05. The fourth-order valence-electron chi connectivity index (χ4n) is 1.47. The van der Waals surface area contributed by atoms with Gasteiger partial charge in [-0.2, -0.15) is 0 Å². The molecule has 1 rings (SSSR count). The number of amides is 1. The first kappa shape index (κ1) is 10.4. The Morgan fingerprint density at radius 2 is 2.15 bits per heavy atom. The van der Waals surface area contributed by atoms with Crippen molar-refractivity contribution in [1.82, 2.24) is 5.32 Å². The Labute approximate surface area is 79.8 Å². The number of ether oxygens (including phenoxy) is 1. The van der Waals surface area contributed by atoms with Gasteiger partial charge in [-0.15, -0.1) is 0 Å². The van der Waals surface area contributed by atoms with Crippen LogP contribution in [-0.2, 0) is 4.74 Å². The smallest absolute Gasteiger partial charge is 0.407 e. The molecule has 0 heterocycles. The van der Waals surface area contributed by atoms with Crippen LogP contribution in [0.5, 0.6) is 0 Å². The number of carbonyl (C=O) groups is 1. The Bertz CT molecular complexity index is 174. The normalized spacial score (nSPS) is 26.8. The SMILES string of the molecule is CC(C)COC(=O)NC1CC(C)C1. The van der Waals surface area contributed by atoms with Crippen molar-refractivity contribution in [1.29, 1.82) is 0 Å². The van der Waals surface area contributed by atoms with Crippen molar-refractivity contribution in [3.05, 3.63) is 0 Å². The molecule has 0 aliphatic heterocycles. The molecule has 0 aromatic rings. The van der Waals surface area contributed by atoms with Crippen LogP contribution < -0.4 is 5.32 Å². The minimum absolute atomic E-state index is 0.259. The molecule has 0 aromatic heterocycles. The van der Waals surface area contributed by atoms with Crippen LogP contribution in [0.1, 0.15) is 33.6 Å². The first-order chi connectivity index (χ1) is 6.08. The molecule has 0 atom stereocenters. The summed E-state index contributed by atoms with van der Waals surface area (Å²) in [4.78, 5) is 11.1. The standard InChI is InChI=1S/C10H19NO2/c1-7(2)6-13-10(12)11-9-4-8(3)5-9/h7-9H,4-6H2,1-3H3,(H,11,12). The monoisotopic (exact) mass is 185 g/mol.